The van der Waals surface area contributed by atoms with Gasteiger partial charge in [0.05, 0.1) is 43.0 Å². The van der Waals surface area contributed by atoms with Crippen molar-refractivity contribution in [3.63, 3.8) is 0 Å². The van der Waals surface area contributed by atoms with Crippen molar-refractivity contribution in [3.05, 3.63) is 66.4 Å². The molecule has 1 aromatic carbocycles. The maximum atomic E-state index is 14.2. The number of carbonyl (C=O) groups excluding carboxylic acids is 2. The average molecular weight is 536 g/mol. The van der Waals surface area contributed by atoms with E-state index in [2.05, 4.69) is 41.0 Å². The average Bonchev–Trinajstić information content (AvgIpc) is 3.49. The molecule has 0 bridgehead atoms. The summed E-state index contributed by atoms with van der Waals surface area (Å²) in [5.74, 6) is -0.00770. The van der Waals surface area contributed by atoms with Crippen LogP contribution in [-0.4, -0.2) is 60.5 Å². The van der Waals surface area contributed by atoms with E-state index in [1.807, 2.05) is 4.90 Å². The number of rotatable bonds is 6. The van der Waals surface area contributed by atoms with Gasteiger partial charge in [-0.05, 0) is 36.1 Å². The van der Waals surface area contributed by atoms with E-state index in [0.717, 1.165) is 30.8 Å². The maximum Gasteiger partial charge on any atom is 0.255 e. The summed E-state index contributed by atoms with van der Waals surface area (Å²) in [4.78, 5) is 33.0. The molecule has 2 amide bonds. The lowest BCUT2D eigenvalue weighted by Gasteiger charge is -2.18. The summed E-state index contributed by atoms with van der Waals surface area (Å²) >= 11 is 0. The van der Waals surface area contributed by atoms with Crippen LogP contribution in [0.4, 0.5) is 15.8 Å². The van der Waals surface area contributed by atoms with Gasteiger partial charge in [-0.2, -0.15) is 0 Å². The van der Waals surface area contributed by atoms with E-state index in [1.165, 1.54) is 19.3 Å². The predicted octanol–water partition coefficient (Wildman–Crippen LogP) is 4.69. The molecule has 3 aromatic rings. The fourth-order valence-electron chi connectivity index (χ4n) is 4.83. The number of likely N-dealkylation sites (tertiary alicyclic amines) is 1. The van der Waals surface area contributed by atoms with Crippen LogP contribution >= 0.6 is 0 Å². The lowest BCUT2D eigenvalue weighted by molar-refractivity contribution is -0.125. The zero-order valence-electron chi connectivity index (χ0n) is 22.7. The number of para-hydroxylation sites is 1. The Morgan fingerprint density at radius 3 is 2.72 bits per heavy atom. The number of carbonyl (C=O) groups is 2. The Morgan fingerprint density at radius 1 is 1.26 bits per heavy atom. The molecule has 206 valence electrons. The van der Waals surface area contributed by atoms with Crippen molar-refractivity contribution in [2.75, 3.05) is 39.2 Å². The number of anilines is 2. The second-order valence-corrected chi connectivity index (χ2v) is 10.1. The van der Waals surface area contributed by atoms with Crippen LogP contribution in [0.3, 0.4) is 0 Å². The first kappa shape index (κ1) is 27.7. The molecular weight excluding hydrogens is 501 g/mol. The van der Waals surface area contributed by atoms with Crippen LogP contribution in [0.5, 0.6) is 11.5 Å². The van der Waals surface area contributed by atoms with E-state index in [1.54, 1.807) is 37.7 Å². The lowest BCUT2D eigenvalue weighted by Crippen LogP contribution is -2.31. The number of hydrogen-bond donors (Lipinski definition) is 3. The van der Waals surface area contributed by atoms with Crippen molar-refractivity contribution >= 4 is 23.2 Å². The molecule has 1 saturated heterocycles. The number of aromatic amines is 1. The first-order valence-corrected chi connectivity index (χ1v) is 12.7. The number of pyridine rings is 1. The second kappa shape index (κ2) is 11.6. The summed E-state index contributed by atoms with van der Waals surface area (Å²) in [7, 11) is 2.95. The first-order valence-electron chi connectivity index (χ1n) is 12.7. The largest absolute Gasteiger partial charge is 0.494 e. The highest BCUT2D eigenvalue weighted by molar-refractivity contribution is 6.06. The highest BCUT2D eigenvalue weighted by Crippen LogP contribution is 2.41. The number of benzene rings is 1. The van der Waals surface area contributed by atoms with Gasteiger partial charge < -0.3 is 30.0 Å². The van der Waals surface area contributed by atoms with Crippen LogP contribution in [0.1, 0.15) is 36.3 Å². The first-order chi connectivity index (χ1) is 18.7. The lowest BCUT2D eigenvalue weighted by atomic mass is 9.93. The van der Waals surface area contributed by atoms with Gasteiger partial charge in [0.25, 0.3) is 5.91 Å². The van der Waals surface area contributed by atoms with Gasteiger partial charge in [-0.1, -0.05) is 26.5 Å². The molecular formula is C29H34FN5O4. The fourth-order valence-corrected chi connectivity index (χ4v) is 4.83. The maximum absolute atomic E-state index is 14.2. The standard InChI is InChI=1S/C20H19FN4O3.C9H15NO/c1-27-15-10-22-8-6-11(15)17-18(16-13(24-17)7-9-23-20(16)26)25-14-5-3-4-12(21)19(14)28-2;1-4-8(11)10-6-5-9(2,3)7-10/h3-6,8,10,24-25H,7,9H2,1-2H3,(H,23,26);4H,1,5-7H2,2-3H3. The molecule has 5 rings (SSSR count). The quantitative estimate of drug-likeness (QED) is 0.395. The molecule has 0 saturated carbocycles. The van der Waals surface area contributed by atoms with Crippen molar-refractivity contribution < 1.29 is 23.5 Å². The topological polar surface area (TPSA) is 109 Å². The number of nitrogens with one attached hydrogen (secondary N) is 3. The molecule has 3 N–H and O–H groups in total. The van der Waals surface area contributed by atoms with Gasteiger partial charge in [0, 0.05) is 43.5 Å². The van der Waals surface area contributed by atoms with Gasteiger partial charge >= 0.3 is 0 Å². The number of methoxy groups -OCH3 is 2. The smallest absolute Gasteiger partial charge is 0.255 e. The van der Waals surface area contributed by atoms with Crippen molar-refractivity contribution in [2.45, 2.75) is 26.7 Å². The van der Waals surface area contributed by atoms with Crippen LogP contribution in [0.15, 0.2) is 49.3 Å². The fraction of sp³-hybridized carbons (Fsp3) is 0.345. The number of amides is 2. The van der Waals surface area contributed by atoms with Gasteiger partial charge in [-0.3, -0.25) is 14.6 Å². The molecule has 0 radical (unpaired) electrons. The molecule has 4 heterocycles. The molecule has 0 unspecified atom stereocenters. The molecule has 9 nitrogen and oxygen atoms in total. The summed E-state index contributed by atoms with van der Waals surface area (Å²) in [5.41, 5.74) is 3.93. The van der Waals surface area contributed by atoms with Gasteiger partial charge in [0.2, 0.25) is 5.91 Å². The van der Waals surface area contributed by atoms with Crippen LogP contribution < -0.4 is 20.1 Å². The van der Waals surface area contributed by atoms with Gasteiger partial charge in [0.1, 0.15) is 5.75 Å². The number of aromatic nitrogens is 2. The normalized spacial score (nSPS) is 15.4. The summed E-state index contributed by atoms with van der Waals surface area (Å²) in [5, 5.41) is 6.04. The Morgan fingerprint density at radius 2 is 2.05 bits per heavy atom. The molecule has 2 aliphatic rings. The number of fused-ring (bicyclic) bond motifs is 1. The van der Waals surface area contributed by atoms with Crippen molar-refractivity contribution in [2.24, 2.45) is 5.41 Å². The second-order valence-electron chi connectivity index (χ2n) is 10.1. The SMILES string of the molecule is C=CC(=O)N1CCC(C)(C)C1.COc1cnccc1-c1[nH]c2c(c1Nc1cccc(F)c1OC)C(=O)NCC2. The Hall–Kier alpha value is -4.34. The zero-order chi connectivity index (χ0) is 28.2. The third kappa shape index (κ3) is 5.89. The minimum atomic E-state index is -0.496. The molecule has 2 aromatic heterocycles. The predicted molar refractivity (Wildman–Crippen MR) is 148 cm³/mol. The van der Waals surface area contributed by atoms with Crippen molar-refractivity contribution in [3.8, 4) is 22.8 Å². The number of halogens is 1. The molecule has 1 fully saturated rings. The monoisotopic (exact) mass is 535 g/mol. The molecule has 0 atom stereocenters. The number of ether oxygens (including phenoxy) is 2. The minimum absolute atomic E-state index is 0.0653. The molecule has 0 spiro atoms. The van der Waals surface area contributed by atoms with E-state index in [0.29, 0.717) is 46.8 Å². The van der Waals surface area contributed by atoms with E-state index in [4.69, 9.17) is 9.47 Å². The zero-order valence-corrected chi connectivity index (χ0v) is 22.7. The highest BCUT2D eigenvalue weighted by atomic mass is 19.1. The van der Waals surface area contributed by atoms with E-state index >= 15 is 0 Å². The summed E-state index contributed by atoms with van der Waals surface area (Å²) in [6.07, 6.45) is 6.39. The molecule has 2 aliphatic heterocycles. The van der Waals surface area contributed by atoms with Crippen LogP contribution in [0, 0.1) is 11.2 Å². The highest BCUT2D eigenvalue weighted by Gasteiger charge is 2.31. The molecule has 39 heavy (non-hydrogen) atoms. The molecule has 10 heteroatoms. The Kier molecular flexibility index (Phi) is 8.23. The third-order valence-electron chi connectivity index (χ3n) is 6.83. The van der Waals surface area contributed by atoms with Gasteiger partial charge in [0.15, 0.2) is 11.6 Å². The van der Waals surface area contributed by atoms with E-state index in [-0.39, 0.29) is 17.6 Å². The Balaban J connectivity index is 0.000000270. The van der Waals surface area contributed by atoms with Crippen LogP contribution in [0.25, 0.3) is 11.3 Å². The minimum Gasteiger partial charge on any atom is -0.494 e. The summed E-state index contributed by atoms with van der Waals surface area (Å²) < 4.78 is 24.8. The van der Waals surface area contributed by atoms with Crippen molar-refractivity contribution in [1.82, 2.24) is 20.2 Å². The summed E-state index contributed by atoms with van der Waals surface area (Å²) in [6, 6.07) is 6.37. The van der Waals surface area contributed by atoms with Crippen LogP contribution in [0.2, 0.25) is 0 Å². The number of H-pyrrole nitrogens is 1. The van der Waals surface area contributed by atoms with E-state index < -0.39 is 5.82 Å². The summed E-state index contributed by atoms with van der Waals surface area (Å²) in [6.45, 7) is 10.1. The molecule has 0 aliphatic carbocycles. The van der Waals surface area contributed by atoms with Crippen molar-refractivity contribution in [1.29, 1.82) is 0 Å². The van der Waals surface area contributed by atoms with E-state index in [9.17, 15) is 14.0 Å². The van der Waals surface area contributed by atoms with Gasteiger partial charge in [-0.15, -0.1) is 0 Å². The number of nitrogens with zero attached hydrogens (tertiary/aromatic N) is 2. The number of hydrogen-bond acceptors (Lipinski definition) is 6. The Labute approximate surface area is 227 Å². The third-order valence-corrected chi connectivity index (χ3v) is 6.83. The van der Waals surface area contributed by atoms with Gasteiger partial charge in [-0.25, -0.2) is 4.39 Å². The Bertz CT molecular complexity index is 1380. The van der Waals surface area contributed by atoms with Crippen LogP contribution in [-0.2, 0) is 11.2 Å².